The average molecular weight is 157 g/mol. The van der Waals surface area contributed by atoms with E-state index in [-0.39, 0.29) is 35.5 Å². The van der Waals surface area contributed by atoms with Gasteiger partial charge in [0, 0.05) is 0 Å². The Bertz CT molecular complexity index is 82.9. The summed E-state index contributed by atoms with van der Waals surface area (Å²) in [6.07, 6.45) is 0.947. The van der Waals surface area contributed by atoms with Crippen LogP contribution in [0, 0.1) is 6.92 Å². The molecule has 0 atom stereocenters. The van der Waals surface area contributed by atoms with E-state index >= 15 is 0 Å². The minimum atomic E-state index is 0. The van der Waals surface area contributed by atoms with E-state index < -0.39 is 0 Å². The van der Waals surface area contributed by atoms with Gasteiger partial charge in [0.25, 0.3) is 0 Å². The Morgan fingerprint density at radius 1 is 1.22 bits per heavy atom. The van der Waals surface area contributed by atoms with Gasteiger partial charge in [0.05, 0.1) is 0 Å². The smallest absolute Gasteiger partial charge is 1.00 e. The summed E-state index contributed by atoms with van der Waals surface area (Å²) in [6.45, 7) is 10.1. The molecule has 50 valence electrons. The van der Waals surface area contributed by atoms with E-state index in [9.17, 15) is 0 Å². The van der Waals surface area contributed by atoms with Crippen LogP contribution in [0.3, 0.4) is 0 Å². The molecule has 0 aliphatic heterocycles. The number of rotatable bonds is 1. The summed E-state index contributed by atoms with van der Waals surface area (Å²) >= 11 is 0. The van der Waals surface area contributed by atoms with Crippen LogP contribution in [0.5, 0.6) is 0 Å². The molecular weight excluding hydrogens is 144 g/mol. The summed E-state index contributed by atoms with van der Waals surface area (Å²) in [6, 6.07) is 0. The Labute approximate surface area is 80.7 Å². The molecule has 0 aliphatic rings. The van der Waals surface area contributed by atoms with Crippen molar-refractivity contribution in [2.24, 2.45) is 0 Å². The molecule has 0 unspecified atom stereocenters. The third kappa shape index (κ3) is 8.80. The van der Waals surface area contributed by atoms with Crippen molar-refractivity contribution in [3.05, 3.63) is 18.1 Å². The summed E-state index contributed by atoms with van der Waals surface area (Å²) in [4.78, 5) is 0. The van der Waals surface area contributed by atoms with E-state index in [0.29, 0.717) is 0 Å². The summed E-state index contributed by atoms with van der Waals surface area (Å²) in [7, 11) is 0. The first-order valence-electron chi connectivity index (χ1n) is 2.60. The second-order valence-electron chi connectivity index (χ2n) is 2.03. The molecule has 0 fully saturated rings. The van der Waals surface area contributed by atoms with Gasteiger partial charge in [-0.15, -0.1) is 5.57 Å². The van der Waals surface area contributed by atoms with Gasteiger partial charge in [0.2, 0.25) is 0 Å². The second-order valence-corrected chi connectivity index (χ2v) is 2.03. The molecule has 0 bridgehead atoms. The zero-order valence-corrected chi connectivity index (χ0v) is 8.67. The Hall–Kier alpha value is 0.796. The minimum Gasteiger partial charge on any atom is -1.00 e. The largest absolute Gasteiger partial charge is 2.00 e. The van der Waals surface area contributed by atoms with Gasteiger partial charge < -0.3 is 19.3 Å². The Kier molecular flexibility index (Phi) is 16.0. The molecule has 0 rings (SSSR count). The van der Waals surface area contributed by atoms with E-state index in [4.69, 9.17) is 0 Å². The molecule has 0 amide bonds. The molecule has 0 aromatic carbocycles. The van der Waals surface area contributed by atoms with Gasteiger partial charge >= 0.3 is 23.1 Å². The summed E-state index contributed by atoms with van der Waals surface area (Å²) in [5.74, 6) is 0. The zero-order chi connectivity index (χ0) is 5.86. The predicted octanol–water partition coefficient (Wildman–Crippen LogP) is -0.810. The topological polar surface area (TPSA) is 0 Å². The number of halogens is 1. The monoisotopic (exact) mass is 156 g/mol. The quantitative estimate of drug-likeness (QED) is 0.265. The van der Waals surface area contributed by atoms with Crippen LogP contribution >= 0.6 is 0 Å². The van der Waals surface area contributed by atoms with Crippen LogP contribution in [0.1, 0.15) is 27.2 Å². The summed E-state index contributed by atoms with van der Waals surface area (Å²) < 4.78 is 0. The van der Waals surface area contributed by atoms with E-state index in [0.717, 1.165) is 6.42 Å². The van der Waals surface area contributed by atoms with Gasteiger partial charge in [0.15, 0.2) is 0 Å². The van der Waals surface area contributed by atoms with E-state index in [1.165, 1.54) is 11.1 Å². The van der Waals surface area contributed by atoms with Crippen molar-refractivity contribution in [2.45, 2.75) is 27.2 Å². The van der Waals surface area contributed by atoms with Gasteiger partial charge in [0.1, 0.15) is 0 Å². The van der Waals surface area contributed by atoms with Crippen molar-refractivity contribution in [2.75, 3.05) is 0 Å². The van der Waals surface area contributed by atoms with Crippen molar-refractivity contribution in [3.8, 4) is 0 Å². The fraction of sp³-hybridized carbons (Fsp3) is 0.571. The van der Waals surface area contributed by atoms with Crippen LogP contribution < -0.4 is 12.4 Å². The molecule has 2 heteroatoms. The van der Waals surface area contributed by atoms with Crippen LogP contribution in [-0.2, 0) is 0 Å². The maximum Gasteiger partial charge on any atom is 2.00 e. The molecule has 9 heavy (non-hydrogen) atoms. The minimum absolute atomic E-state index is 0. The molecule has 0 saturated carbocycles. The predicted molar refractivity (Wildman–Crippen MR) is 39.8 cm³/mol. The van der Waals surface area contributed by atoms with Crippen LogP contribution in [0.2, 0.25) is 0 Å². The van der Waals surface area contributed by atoms with Gasteiger partial charge in [-0.25, -0.2) is 0 Å². The van der Waals surface area contributed by atoms with Crippen molar-refractivity contribution in [1.82, 2.24) is 0 Å². The molecule has 0 nitrogen and oxygen atoms in total. The number of hydrogen-bond donors (Lipinski definition) is 0. The van der Waals surface area contributed by atoms with Crippen molar-refractivity contribution < 1.29 is 12.4 Å². The first kappa shape index (κ1) is 16.4. The molecule has 0 aromatic rings. The Morgan fingerprint density at radius 2 is 1.56 bits per heavy atom. The normalized spacial score (nSPS) is 6.67. The molecular formula is C7H13ClMg. The number of allylic oxidation sites excluding steroid dienone is 2. The molecule has 0 radical (unpaired) electrons. The fourth-order valence-corrected chi connectivity index (χ4v) is 0.250. The van der Waals surface area contributed by atoms with Crippen LogP contribution in [0.15, 0.2) is 11.1 Å². The first-order chi connectivity index (χ1) is 3.18. The van der Waals surface area contributed by atoms with Gasteiger partial charge in [-0.3, -0.25) is 0 Å². The van der Waals surface area contributed by atoms with Crippen LogP contribution in [0.25, 0.3) is 0 Å². The van der Waals surface area contributed by atoms with Crippen LogP contribution in [-0.4, -0.2) is 23.1 Å². The van der Waals surface area contributed by atoms with Crippen molar-refractivity contribution >= 4 is 23.1 Å². The average Bonchev–Trinajstić information content (AvgIpc) is 1.65. The molecule has 0 heterocycles. The second kappa shape index (κ2) is 8.80. The third-order valence-corrected chi connectivity index (χ3v) is 1.23. The van der Waals surface area contributed by atoms with Gasteiger partial charge in [-0.1, -0.05) is 5.57 Å². The fourth-order valence-electron chi connectivity index (χ4n) is 0.250. The molecule has 0 aliphatic carbocycles. The third-order valence-electron chi connectivity index (χ3n) is 1.23. The van der Waals surface area contributed by atoms with Crippen LogP contribution in [0.4, 0.5) is 0 Å². The molecule has 0 saturated heterocycles. The first-order valence-corrected chi connectivity index (χ1v) is 2.60. The maximum absolute atomic E-state index is 3.75. The van der Waals surface area contributed by atoms with Crippen molar-refractivity contribution in [1.29, 1.82) is 0 Å². The van der Waals surface area contributed by atoms with Gasteiger partial charge in [-0.05, 0) is 20.8 Å². The summed E-state index contributed by atoms with van der Waals surface area (Å²) in [5, 5.41) is 0. The van der Waals surface area contributed by atoms with E-state index in [2.05, 4.69) is 27.7 Å². The van der Waals surface area contributed by atoms with Crippen molar-refractivity contribution in [3.63, 3.8) is 0 Å². The Balaban J connectivity index is -0.000000180. The molecule has 0 aromatic heterocycles. The van der Waals surface area contributed by atoms with E-state index in [1.54, 1.807) is 0 Å². The standard InChI is InChI=1S/C7H13.ClH.Mg/c1-5-7(4)6(2)3;;/h1,5H2,2-4H3;1H;/q-1;;+2/p-1. The molecule has 0 N–H and O–H groups in total. The van der Waals surface area contributed by atoms with Gasteiger partial charge in [-0.2, -0.15) is 6.42 Å². The van der Waals surface area contributed by atoms with E-state index in [1.807, 2.05) is 0 Å². The number of hydrogen-bond acceptors (Lipinski definition) is 0. The maximum atomic E-state index is 3.75. The zero-order valence-electron chi connectivity index (χ0n) is 6.50. The Morgan fingerprint density at radius 3 is 1.56 bits per heavy atom. The molecule has 0 spiro atoms. The SMILES string of the molecule is [CH2-]CC(C)=C(C)C.[Cl-].[Mg+2]. The summed E-state index contributed by atoms with van der Waals surface area (Å²) in [5.41, 5.74) is 2.80.